The first kappa shape index (κ1) is 18.9. The van der Waals surface area contributed by atoms with Gasteiger partial charge in [0.1, 0.15) is 5.58 Å². The zero-order chi connectivity index (χ0) is 20.0. The van der Waals surface area contributed by atoms with Crippen LogP contribution in [0.5, 0.6) is 0 Å². The van der Waals surface area contributed by atoms with E-state index in [0.717, 1.165) is 21.2 Å². The van der Waals surface area contributed by atoms with Gasteiger partial charge >= 0.3 is 0 Å². The first-order valence-corrected chi connectivity index (χ1v) is 9.97. The molecule has 1 atom stereocenters. The quantitative estimate of drug-likeness (QED) is 0.661. The maximum atomic E-state index is 13.4. The summed E-state index contributed by atoms with van der Waals surface area (Å²) in [6, 6.07) is 10.8. The predicted octanol–water partition coefficient (Wildman–Crippen LogP) is 4.10. The summed E-state index contributed by atoms with van der Waals surface area (Å²) >= 11 is 3.42. The number of aliphatic hydroxyl groups excluding tert-OH is 1. The van der Waals surface area contributed by atoms with Crippen LogP contribution in [0.1, 0.15) is 45.3 Å². The molecule has 1 amide bonds. The summed E-state index contributed by atoms with van der Waals surface area (Å²) in [5, 5.41) is 9.77. The zero-order valence-corrected chi connectivity index (χ0v) is 17.2. The lowest BCUT2D eigenvalue weighted by Crippen LogP contribution is -2.31. The predicted molar refractivity (Wildman–Crippen MR) is 111 cm³/mol. The minimum absolute atomic E-state index is 0.0329. The molecule has 0 spiro atoms. The van der Waals surface area contributed by atoms with Crippen LogP contribution in [0.3, 0.4) is 0 Å². The summed E-state index contributed by atoms with van der Waals surface area (Å²) in [6.07, 6.45) is 0.429. The monoisotopic (exact) mass is 441 g/mol. The number of rotatable bonds is 4. The van der Waals surface area contributed by atoms with E-state index >= 15 is 0 Å². The topological polar surface area (TPSA) is 70.8 Å². The minimum atomic E-state index is -0.524. The second-order valence-electron chi connectivity index (χ2n) is 7.16. The van der Waals surface area contributed by atoms with Crippen molar-refractivity contribution in [3.8, 4) is 0 Å². The van der Waals surface area contributed by atoms with Gasteiger partial charge in [-0.1, -0.05) is 34.1 Å². The molecule has 5 nitrogen and oxygen atoms in total. The largest absolute Gasteiger partial charge is 0.450 e. The van der Waals surface area contributed by atoms with E-state index in [4.69, 9.17) is 4.42 Å². The molecule has 3 aromatic rings. The molecule has 144 valence electrons. The zero-order valence-electron chi connectivity index (χ0n) is 15.7. The number of aliphatic hydroxyl groups is 1. The molecular weight excluding hydrogens is 422 g/mol. The summed E-state index contributed by atoms with van der Waals surface area (Å²) in [6.45, 7) is 4.12. The van der Waals surface area contributed by atoms with Gasteiger partial charge in [-0.2, -0.15) is 0 Å². The molecule has 1 aromatic heterocycles. The number of nitrogens with zero attached hydrogens (tertiary/aromatic N) is 1. The van der Waals surface area contributed by atoms with E-state index in [9.17, 15) is 14.7 Å². The molecule has 28 heavy (non-hydrogen) atoms. The van der Waals surface area contributed by atoms with Crippen LogP contribution in [0.2, 0.25) is 0 Å². The van der Waals surface area contributed by atoms with Crippen molar-refractivity contribution in [3.63, 3.8) is 0 Å². The van der Waals surface area contributed by atoms with E-state index in [0.29, 0.717) is 29.5 Å². The van der Waals surface area contributed by atoms with Crippen LogP contribution in [0, 0.1) is 13.8 Å². The molecule has 0 fully saturated rings. The van der Waals surface area contributed by atoms with Crippen molar-refractivity contribution in [2.45, 2.75) is 26.3 Å². The average molecular weight is 442 g/mol. The van der Waals surface area contributed by atoms with E-state index in [2.05, 4.69) is 15.9 Å². The fourth-order valence-electron chi connectivity index (χ4n) is 3.94. The Morgan fingerprint density at radius 3 is 2.54 bits per heavy atom. The summed E-state index contributed by atoms with van der Waals surface area (Å²) in [4.78, 5) is 28.2. The minimum Gasteiger partial charge on any atom is -0.450 e. The van der Waals surface area contributed by atoms with Gasteiger partial charge in [0.25, 0.3) is 5.91 Å². The molecule has 6 heteroatoms. The number of aryl methyl sites for hydroxylation is 2. The Morgan fingerprint density at radius 1 is 1.14 bits per heavy atom. The average Bonchev–Trinajstić information content (AvgIpc) is 2.94. The Balaban J connectivity index is 2.00. The van der Waals surface area contributed by atoms with Crippen molar-refractivity contribution < 1.29 is 14.3 Å². The van der Waals surface area contributed by atoms with Crippen molar-refractivity contribution in [2.24, 2.45) is 0 Å². The van der Waals surface area contributed by atoms with Gasteiger partial charge in [-0.25, -0.2) is 0 Å². The van der Waals surface area contributed by atoms with Gasteiger partial charge in [0.05, 0.1) is 17.0 Å². The van der Waals surface area contributed by atoms with Gasteiger partial charge < -0.3 is 14.4 Å². The first-order valence-electron chi connectivity index (χ1n) is 9.17. The van der Waals surface area contributed by atoms with Gasteiger partial charge in [-0.15, -0.1) is 0 Å². The summed E-state index contributed by atoms with van der Waals surface area (Å²) in [5.74, 6) is -0.203. The number of halogens is 1. The van der Waals surface area contributed by atoms with Crippen LogP contribution < -0.4 is 5.43 Å². The number of hydrogen-bond acceptors (Lipinski definition) is 4. The van der Waals surface area contributed by atoms with Crippen molar-refractivity contribution in [3.05, 3.63) is 79.1 Å². The van der Waals surface area contributed by atoms with Gasteiger partial charge in [0.15, 0.2) is 5.43 Å². The normalized spacial score (nSPS) is 16.1. The van der Waals surface area contributed by atoms with E-state index in [1.54, 1.807) is 4.90 Å². The Morgan fingerprint density at radius 2 is 1.86 bits per heavy atom. The molecular formula is C22H20BrNO4. The standard InChI is InChI=1S/C22H20BrNO4/c1-12-10-13(2)20-16(11-12)19(26)17-18(14-4-6-15(23)7-5-14)24(8-3-9-25)22(27)21(17)28-20/h4-7,10-11,18,25H,3,8-9H2,1-2H3/t18-/m1/s1. The molecule has 2 heterocycles. The number of amides is 1. The Hall–Kier alpha value is -2.44. The lowest BCUT2D eigenvalue weighted by atomic mass is 9.97. The SMILES string of the molecule is Cc1cc(C)c2oc3c(c(=O)c2c1)[C@@H](c1ccc(Br)cc1)N(CCCO)C3=O. The molecule has 4 rings (SSSR count). The number of carbonyl (C=O) groups excluding carboxylic acids is 1. The third-order valence-corrected chi connectivity index (χ3v) is 5.67. The fourth-order valence-corrected chi connectivity index (χ4v) is 4.20. The van der Waals surface area contributed by atoms with Crippen LogP contribution in [0.4, 0.5) is 0 Å². The molecule has 1 aliphatic heterocycles. The van der Waals surface area contributed by atoms with Crippen molar-refractivity contribution in [1.82, 2.24) is 4.90 Å². The van der Waals surface area contributed by atoms with E-state index < -0.39 is 6.04 Å². The maximum Gasteiger partial charge on any atom is 0.290 e. The Bertz CT molecular complexity index is 1130. The molecule has 0 radical (unpaired) electrons. The molecule has 0 bridgehead atoms. The summed E-state index contributed by atoms with van der Waals surface area (Å²) in [5.41, 5.74) is 3.31. The highest BCUT2D eigenvalue weighted by molar-refractivity contribution is 9.10. The van der Waals surface area contributed by atoms with E-state index in [-0.39, 0.29) is 23.7 Å². The van der Waals surface area contributed by atoms with Crippen LogP contribution in [0.15, 0.2) is 50.1 Å². The van der Waals surface area contributed by atoms with Crippen molar-refractivity contribution >= 4 is 32.8 Å². The van der Waals surface area contributed by atoms with Crippen LogP contribution >= 0.6 is 15.9 Å². The van der Waals surface area contributed by atoms with Crippen LogP contribution in [-0.2, 0) is 0 Å². The van der Waals surface area contributed by atoms with Gasteiger partial charge in [0, 0.05) is 17.6 Å². The molecule has 1 N–H and O–H groups in total. The molecule has 0 aliphatic carbocycles. The lowest BCUT2D eigenvalue weighted by Gasteiger charge is -2.24. The summed E-state index contributed by atoms with van der Waals surface area (Å²) < 4.78 is 6.92. The van der Waals surface area contributed by atoms with Gasteiger partial charge in [-0.3, -0.25) is 9.59 Å². The number of fused-ring (bicyclic) bond motifs is 2. The van der Waals surface area contributed by atoms with Gasteiger partial charge in [0.2, 0.25) is 5.76 Å². The third kappa shape index (κ3) is 2.97. The second kappa shape index (κ2) is 7.18. The molecule has 1 aliphatic rings. The maximum absolute atomic E-state index is 13.4. The van der Waals surface area contributed by atoms with Gasteiger partial charge in [-0.05, 0) is 55.2 Å². The van der Waals surface area contributed by atoms with E-state index in [1.807, 2.05) is 50.2 Å². The molecule has 0 saturated carbocycles. The Labute approximate surface area is 170 Å². The molecule has 0 saturated heterocycles. The van der Waals surface area contributed by atoms with E-state index in [1.165, 1.54) is 0 Å². The van der Waals surface area contributed by atoms with Crippen molar-refractivity contribution in [1.29, 1.82) is 0 Å². The highest BCUT2D eigenvalue weighted by Gasteiger charge is 2.42. The lowest BCUT2D eigenvalue weighted by molar-refractivity contribution is 0.0716. The first-order chi connectivity index (χ1) is 13.4. The van der Waals surface area contributed by atoms with Crippen molar-refractivity contribution in [2.75, 3.05) is 13.2 Å². The summed E-state index contributed by atoms with van der Waals surface area (Å²) in [7, 11) is 0. The molecule has 0 unspecified atom stereocenters. The highest BCUT2D eigenvalue weighted by atomic mass is 79.9. The fraction of sp³-hybridized carbons (Fsp3) is 0.273. The number of hydrogen-bond donors (Lipinski definition) is 1. The van der Waals surface area contributed by atoms with Crippen LogP contribution in [0.25, 0.3) is 11.0 Å². The third-order valence-electron chi connectivity index (χ3n) is 5.14. The second-order valence-corrected chi connectivity index (χ2v) is 8.08. The smallest absolute Gasteiger partial charge is 0.290 e. The molecule has 2 aromatic carbocycles. The number of carbonyl (C=O) groups is 1. The Kier molecular flexibility index (Phi) is 4.85. The highest BCUT2D eigenvalue weighted by Crippen LogP contribution is 2.39. The van der Waals surface area contributed by atoms with Crippen LogP contribution in [-0.4, -0.2) is 29.1 Å². The number of benzene rings is 2.